The van der Waals surface area contributed by atoms with E-state index in [0.29, 0.717) is 4.88 Å². The lowest BCUT2D eigenvalue weighted by molar-refractivity contribution is -0.128. The molecule has 1 aromatic heterocycles. The van der Waals surface area contributed by atoms with E-state index < -0.39 is 11.1 Å². The van der Waals surface area contributed by atoms with Crippen molar-refractivity contribution in [3.8, 4) is 0 Å². The van der Waals surface area contributed by atoms with Crippen molar-refractivity contribution in [2.75, 3.05) is 6.61 Å². The van der Waals surface area contributed by atoms with Gasteiger partial charge in [-0.2, -0.15) is 0 Å². The van der Waals surface area contributed by atoms with Gasteiger partial charge in [0.05, 0.1) is 11.5 Å². The van der Waals surface area contributed by atoms with E-state index in [9.17, 15) is 10.2 Å². The topological polar surface area (TPSA) is 66.5 Å². The van der Waals surface area contributed by atoms with Gasteiger partial charge in [-0.25, -0.2) is 0 Å². The Labute approximate surface area is 148 Å². The first-order valence-electron chi connectivity index (χ1n) is 7.53. The van der Waals surface area contributed by atoms with Crippen molar-refractivity contribution in [1.29, 1.82) is 0 Å². The highest BCUT2D eigenvalue weighted by Crippen LogP contribution is 2.44. The van der Waals surface area contributed by atoms with Gasteiger partial charge in [-0.1, -0.05) is 44.2 Å². The summed E-state index contributed by atoms with van der Waals surface area (Å²) in [6, 6.07) is 12.0. The van der Waals surface area contributed by atoms with Crippen molar-refractivity contribution < 1.29 is 10.2 Å². The van der Waals surface area contributed by atoms with E-state index in [-0.39, 0.29) is 24.9 Å². The smallest absolute Gasteiger partial charge is 0.156 e. The first-order valence-corrected chi connectivity index (χ1v) is 8.41. The molecule has 0 saturated heterocycles. The summed E-state index contributed by atoms with van der Waals surface area (Å²) < 4.78 is 0. The number of hydrogen-bond acceptors (Lipinski definition) is 4. The molecule has 2 aromatic rings. The molecule has 0 aliphatic heterocycles. The Hall–Kier alpha value is -0.910. The monoisotopic (exact) mass is 355 g/mol. The van der Waals surface area contributed by atoms with Crippen molar-refractivity contribution in [3.05, 3.63) is 57.8 Å². The molecule has 0 saturated carbocycles. The SMILES string of the molecule is Cc1csc([C@@](N)(O)[C@](C)(CO)C(C)Cc2ccccc2)c1.Cl. The maximum atomic E-state index is 11.0. The maximum Gasteiger partial charge on any atom is 0.156 e. The molecule has 0 amide bonds. The van der Waals surface area contributed by atoms with Gasteiger partial charge in [0.25, 0.3) is 0 Å². The van der Waals surface area contributed by atoms with E-state index >= 15 is 0 Å². The van der Waals surface area contributed by atoms with Crippen LogP contribution in [0.3, 0.4) is 0 Å². The molecule has 0 fully saturated rings. The van der Waals surface area contributed by atoms with E-state index in [0.717, 1.165) is 12.0 Å². The lowest BCUT2D eigenvalue weighted by atomic mass is 9.68. The van der Waals surface area contributed by atoms with Gasteiger partial charge in [-0.05, 0) is 41.8 Å². The summed E-state index contributed by atoms with van der Waals surface area (Å²) in [5, 5.41) is 23.0. The first kappa shape index (κ1) is 20.1. The number of aliphatic hydroxyl groups is 2. The summed E-state index contributed by atoms with van der Waals surface area (Å²) in [4.78, 5) is 0.696. The average molecular weight is 356 g/mol. The van der Waals surface area contributed by atoms with Gasteiger partial charge in [0.2, 0.25) is 0 Å². The van der Waals surface area contributed by atoms with Gasteiger partial charge in [0.1, 0.15) is 0 Å². The molecule has 5 heteroatoms. The second-order valence-electron chi connectivity index (χ2n) is 6.42. The predicted octanol–water partition coefficient (Wildman–Crippen LogP) is 3.46. The molecule has 23 heavy (non-hydrogen) atoms. The van der Waals surface area contributed by atoms with Crippen molar-refractivity contribution in [2.24, 2.45) is 17.1 Å². The minimum Gasteiger partial charge on any atom is -0.396 e. The molecule has 128 valence electrons. The van der Waals surface area contributed by atoms with E-state index in [1.54, 1.807) is 0 Å². The molecule has 0 aliphatic carbocycles. The normalized spacial score (nSPS) is 17.7. The van der Waals surface area contributed by atoms with E-state index in [1.165, 1.54) is 16.9 Å². The van der Waals surface area contributed by atoms with Crippen LogP contribution in [0.2, 0.25) is 0 Å². The zero-order valence-corrected chi connectivity index (χ0v) is 15.5. The number of nitrogens with two attached hydrogens (primary N) is 1. The lowest BCUT2D eigenvalue weighted by Crippen LogP contribution is -2.56. The quantitative estimate of drug-likeness (QED) is 0.695. The van der Waals surface area contributed by atoms with E-state index in [1.807, 2.05) is 50.4 Å². The minimum absolute atomic E-state index is 0. The Morgan fingerprint density at radius 2 is 1.87 bits per heavy atom. The van der Waals surface area contributed by atoms with Gasteiger partial charge in [-0.15, -0.1) is 23.7 Å². The molecule has 1 aromatic carbocycles. The number of benzene rings is 1. The summed E-state index contributed by atoms with van der Waals surface area (Å²) in [5.74, 6) is 0.0114. The minimum atomic E-state index is -1.56. The van der Waals surface area contributed by atoms with Crippen LogP contribution in [-0.2, 0) is 12.1 Å². The number of rotatable bonds is 6. The van der Waals surface area contributed by atoms with E-state index in [4.69, 9.17) is 5.73 Å². The van der Waals surface area contributed by atoms with Crippen molar-refractivity contribution >= 4 is 23.7 Å². The lowest BCUT2D eigenvalue weighted by Gasteiger charge is -2.45. The van der Waals surface area contributed by atoms with Crippen molar-refractivity contribution in [2.45, 2.75) is 32.9 Å². The van der Waals surface area contributed by atoms with Crippen LogP contribution in [0.1, 0.15) is 29.9 Å². The standard InChI is InChI=1S/C18H25NO2S.ClH/c1-13-9-16(22-11-13)18(19,21)17(3,12-20)14(2)10-15-7-5-4-6-8-15;/h4-9,11,14,20-21H,10,12,19H2,1-3H3;1H/t14?,17-,18-;/m1./s1. The maximum absolute atomic E-state index is 11.0. The number of halogens is 1. The number of hydrogen-bond donors (Lipinski definition) is 3. The molecular formula is C18H26ClNO2S. The summed E-state index contributed by atoms with van der Waals surface area (Å²) >= 11 is 1.44. The third-order valence-corrected chi connectivity index (χ3v) is 5.95. The Morgan fingerprint density at radius 3 is 2.35 bits per heavy atom. The Morgan fingerprint density at radius 1 is 1.26 bits per heavy atom. The first-order chi connectivity index (χ1) is 10.3. The fraction of sp³-hybridized carbons (Fsp3) is 0.444. The van der Waals surface area contributed by atoms with Gasteiger partial charge in [0.15, 0.2) is 5.72 Å². The van der Waals surface area contributed by atoms with Gasteiger partial charge in [0, 0.05) is 5.41 Å². The zero-order valence-electron chi connectivity index (χ0n) is 13.8. The fourth-order valence-electron chi connectivity index (χ4n) is 2.76. The van der Waals surface area contributed by atoms with Crippen molar-refractivity contribution in [3.63, 3.8) is 0 Å². The van der Waals surface area contributed by atoms with Crippen LogP contribution in [-0.4, -0.2) is 16.8 Å². The van der Waals surface area contributed by atoms with Crippen LogP contribution < -0.4 is 5.73 Å². The third-order valence-electron chi connectivity index (χ3n) is 4.78. The summed E-state index contributed by atoms with van der Waals surface area (Å²) in [6.45, 7) is 5.68. The van der Waals surface area contributed by atoms with Crippen LogP contribution >= 0.6 is 23.7 Å². The molecule has 1 unspecified atom stereocenters. The van der Waals surface area contributed by atoms with Crippen molar-refractivity contribution in [1.82, 2.24) is 0 Å². The highest BCUT2D eigenvalue weighted by atomic mass is 35.5. The van der Waals surface area contributed by atoms with Gasteiger partial charge < -0.3 is 10.2 Å². The Kier molecular flexibility index (Phi) is 6.81. The molecule has 0 spiro atoms. The number of thiophene rings is 1. The summed E-state index contributed by atoms with van der Waals surface area (Å²) in [5.41, 5.74) is 6.15. The second-order valence-corrected chi connectivity index (χ2v) is 7.33. The molecule has 4 N–H and O–H groups in total. The molecule has 0 bridgehead atoms. The molecule has 3 nitrogen and oxygen atoms in total. The molecule has 1 heterocycles. The highest BCUT2D eigenvalue weighted by molar-refractivity contribution is 7.10. The van der Waals surface area contributed by atoms with Gasteiger partial charge >= 0.3 is 0 Å². The third kappa shape index (κ3) is 3.95. The molecule has 2 rings (SSSR count). The predicted molar refractivity (Wildman–Crippen MR) is 98.9 cm³/mol. The van der Waals surface area contributed by atoms with E-state index in [2.05, 4.69) is 12.1 Å². The van der Waals surface area contributed by atoms with Crippen LogP contribution in [0.25, 0.3) is 0 Å². The number of aliphatic hydroxyl groups excluding tert-OH is 1. The van der Waals surface area contributed by atoms with Crippen LogP contribution in [0.5, 0.6) is 0 Å². The molecule has 0 aliphatic rings. The fourth-order valence-corrected chi connectivity index (χ4v) is 3.81. The Bertz CT molecular complexity index is 614. The highest BCUT2D eigenvalue weighted by Gasteiger charge is 2.49. The number of aryl methyl sites for hydroxylation is 1. The summed E-state index contributed by atoms with van der Waals surface area (Å²) in [6.07, 6.45) is 0.752. The molecular weight excluding hydrogens is 330 g/mol. The average Bonchev–Trinajstić information content (AvgIpc) is 2.94. The van der Waals surface area contributed by atoms with Crippen LogP contribution in [0, 0.1) is 18.3 Å². The summed E-state index contributed by atoms with van der Waals surface area (Å²) in [7, 11) is 0. The van der Waals surface area contributed by atoms with Gasteiger partial charge in [-0.3, -0.25) is 5.73 Å². The Balaban J connectivity index is 0.00000264. The van der Waals surface area contributed by atoms with Crippen LogP contribution in [0.4, 0.5) is 0 Å². The molecule has 3 atom stereocenters. The zero-order chi connectivity index (χ0) is 16.4. The van der Waals surface area contributed by atoms with Crippen LogP contribution in [0.15, 0.2) is 41.8 Å². The molecule has 0 radical (unpaired) electrons. The second kappa shape index (κ2) is 7.77. The largest absolute Gasteiger partial charge is 0.396 e.